The van der Waals surface area contributed by atoms with Crippen molar-refractivity contribution in [1.29, 1.82) is 0 Å². The zero-order valence-electron chi connectivity index (χ0n) is 21.5. The van der Waals surface area contributed by atoms with E-state index in [2.05, 4.69) is 51.5 Å². The molecular formula is C26H32N8O2S. The molecule has 0 aliphatic carbocycles. The lowest BCUT2D eigenvalue weighted by atomic mass is 10.1. The van der Waals surface area contributed by atoms with E-state index in [0.29, 0.717) is 30.4 Å². The highest BCUT2D eigenvalue weighted by Crippen LogP contribution is 2.25. The third-order valence-corrected chi connectivity index (χ3v) is 7.89. The number of rotatable bonds is 7. The van der Waals surface area contributed by atoms with E-state index >= 15 is 0 Å². The molecule has 194 valence electrons. The highest BCUT2D eigenvalue weighted by atomic mass is 32.2. The van der Waals surface area contributed by atoms with E-state index in [0.717, 1.165) is 35.4 Å². The number of aromatic nitrogens is 4. The lowest BCUT2D eigenvalue weighted by Gasteiger charge is -2.39. The zero-order valence-corrected chi connectivity index (χ0v) is 22.3. The standard InChI is InChI=1S/C26H32N8O2S/c1-18-16-34(19(2)14-28-18)23-9-7-22(8-10-23)30-26-29-15-20-11-13-33(25(20)31-26)17-21-6-5-12-27-24(21)32(3)37(4,35)36/h5-13,15,18-19,28H,14,16-17H2,1-4H3,(H,29,30,31)/t18-,19+/m0/s1. The van der Waals surface area contributed by atoms with Crippen LogP contribution in [0.2, 0.25) is 0 Å². The predicted octanol–water partition coefficient (Wildman–Crippen LogP) is 3.20. The summed E-state index contributed by atoms with van der Waals surface area (Å²) in [7, 11) is -1.93. The fourth-order valence-electron chi connectivity index (χ4n) is 4.58. The van der Waals surface area contributed by atoms with Crippen molar-refractivity contribution in [2.75, 3.05) is 40.9 Å². The number of fused-ring (bicyclic) bond motifs is 1. The van der Waals surface area contributed by atoms with Gasteiger partial charge in [-0.2, -0.15) is 4.98 Å². The highest BCUT2D eigenvalue weighted by molar-refractivity contribution is 7.92. The second-order valence-corrected chi connectivity index (χ2v) is 11.6. The van der Waals surface area contributed by atoms with Crippen molar-refractivity contribution in [1.82, 2.24) is 24.8 Å². The lowest BCUT2D eigenvalue weighted by molar-refractivity contribution is 0.425. The van der Waals surface area contributed by atoms with E-state index in [1.165, 1.54) is 23.3 Å². The molecule has 0 amide bonds. The molecule has 5 rings (SSSR count). The van der Waals surface area contributed by atoms with Crippen LogP contribution in [0.3, 0.4) is 0 Å². The number of hydrogen-bond donors (Lipinski definition) is 2. The molecule has 37 heavy (non-hydrogen) atoms. The number of benzene rings is 1. The Labute approximate surface area is 217 Å². The topological polar surface area (TPSA) is 108 Å². The summed E-state index contributed by atoms with van der Waals surface area (Å²) in [5.74, 6) is 0.886. The van der Waals surface area contributed by atoms with Gasteiger partial charge in [0, 0.05) is 73.1 Å². The molecule has 1 fully saturated rings. The van der Waals surface area contributed by atoms with Gasteiger partial charge in [0.15, 0.2) is 0 Å². The van der Waals surface area contributed by atoms with E-state index in [9.17, 15) is 8.42 Å². The smallest absolute Gasteiger partial charge is 0.233 e. The molecular weight excluding hydrogens is 488 g/mol. The predicted molar refractivity (Wildman–Crippen MR) is 148 cm³/mol. The molecule has 11 heteroatoms. The first-order valence-electron chi connectivity index (χ1n) is 12.3. The van der Waals surface area contributed by atoms with Crippen molar-refractivity contribution >= 4 is 44.2 Å². The average molecular weight is 521 g/mol. The Bertz CT molecular complexity index is 1500. The van der Waals surface area contributed by atoms with E-state index in [1.54, 1.807) is 18.5 Å². The van der Waals surface area contributed by atoms with Crippen LogP contribution < -0.4 is 19.8 Å². The quantitative estimate of drug-likeness (QED) is 0.383. The minimum atomic E-state index is -3.44. The summed E-state index contributed by atoms with van der Waals surface area (Å²) in [5.41, 5.74) is 3.62. The number of piperazine rings is 1. The maximum Gasteiger partial charge on any atom is 0.233 e. The molecule has 1 aliphatic heterocycles. The second-order valence-electron chi connectivity index (χ2n) is 9.62. The molecule has 0 bridgehead atoms. The summed E-state index contributed by atoms with van der Waals surface area (Å²) < 4.78 is 27.4. The van der Waals surface area contributed by atoms with Crippen molar-refractivity contribution in [3.8, 4) is 0 Å². The second kappa shape index (κ2) is 9.98. The monoisotopic (exact) mass is 520 g/mol. The van der Waals surface area contributed by atoms with E-state index < -0.39 is 10.0 Å². The number of sulfonamides is 1. The number of nitrogens with zero attached hydrogens (tertiary/aromatic N) is 6. The van der Waals surface area contributed by atoms with Crippen molar-refractivity contribution in [3.05, 3.63) is 66.6 Å². The summed E-state index contributed by atoms with van der Waals surface area (Å²) >= 11 is 0. The van der Waals surface area contributed by atoms with Crippen LogP contribution in [0.25, 0.3) is 11.0 Å². The summed E-state index contributed by atoms with van der Waals surface area (Å²) in [6, 6.07) is 14.9. The van der Waals surface area contributed by atoms with Crippen LogP contribution in [0, 0.1) is 0 Å². The lowest BCUT2D eigenvalue weighted by Crippen LogP contribution is -2.54. The first-order valence-corrected chi connectivity index (χ1v) is 14.1. The van der Waals surface area contributed by atoms with Crippen LogP contribution in [0.5, 0.6) is 0 Å². The largest absolute Gasteiger partial charge is 0.366 e. The van der Waals surface area contributed by atoms with Crippen LogP contribution in [0.4, 0.5) is 23.1 Å². The zero-order chi connectivity index (χ0) is 26.2. The van der Waals surface area contributed by atoms with Crippen LogP contribution in [-0.2, 0) is 16.6 Å². The van der Waals surface area contributed by atoms with Gasteiger partial charge >= 0.3 is 0 Å². The Balaban J connectivity index is 1.36. The summed E-state index contributed by atoms with van der Waals surface area (Å²) in [5, 5.41) is 7.72. The van der Waals surface area contributed by atoms with Gasteiger partial charge in [0.2, 0.25) is 16.0 Å². The summed E-state index contributed by atoms with van der Waals surface area (Å²) in [6.45, 7) is 6.80. The maximum absolute atomic E-state index is 12.1. The summed E-state index contributed by atoms with van der Waals surface area (Å²) in [6.07, 6.45) is 6.46. The Morgan fingerprint density at radius 2 is 1.92 bits per heavy atom. The van der Waals surface area contributed by atoms with Crippen molar-refractivity contribution in [2.24, 2.45) is 0 Å². The van der Waals surface area contributed by atoms with Crippen LogP contribution >= 0.6 is 0 Å². The van der Waals surface area contributed by atoms with Gasteiger partial charge in [-0.3, -0.25) is 4.31 Å². The maximum atomic E-state index is 12.1. The van der Waals surface area contributed by atoms with Crippen LogP contribution in [0.15, 0.2) is 61.1 Å². The molecule has 4 heterocycles. The Morgan fingerprint density at radius 3 is 2.68 bits per heavy atom. The molecule has 0 radical (unpaired) electrons. The van der Waals surface area contributed by atoms with Gasteiger partial charge in [-0.1, -0.05) is 6.07 Å². The van der Waals surface area contributed by atoms with Crippen molar-refractivity contribution in [2.45, 2.75) is 32.5 Å². The molecule has 0 unspecified atom stereocenters. The SMILES string of the molecule is C[C@@H]1CN[C@@H](C)CN1c1ccc(Nc2ncc3ccn(Cc4cccnc4N(C)S(C)(=O)=O)c3n2)cc1. The third kappa shape index (κ3) is 5.37. The van der Waals surface area contributed by atoms with Crippen LogP contribution in [0.1, 0.15) is 19.4 Å². The first kappa shape index (κ1) is 25.0. The molecule has 3 aromatic heterocycles. The van der Waals surface area contributed by atoms with Gasteiger partial charge in [0.25, 0.3) is 0 Å². The minimum Gasteiger partial charge on any atom is -0.366 e. The average Bonchev–Trinajstić information content (AvgIpc) is 3.27. The molecule has 4 aromatic rings. The Kier molecular flexibility index (Phi) is 6.74. The fraction of sp³-hybridized carbons (Fsp3) is 0.346. The fourth-order valence-corrected chi connectivity index (χ4v) is 5.06. The Hall–Kier alpha value is -3.70. The van der Waals surface area contributed by atoms with E-state index in [4.69, 9.17) is 4.98 Å². The highest BCUT2D eigenvalue weighted by Gasteiger charge is 2.22. The van der Waals surface area contributed by atoms with Gasteiger partial charge in [-0.05, 0) is 50.2 Å². The number of hydrogen-bond acceptors (Lipinski definition) is 8. The first-order chi connectivity index (χ1) is 17.7. The van der Waals surface area contributed by atoms with Crippen molar-refractivity contribution < 1.29 is 8.42 Å². The number of anilines is 4. The third-order valence-electron chi connectivity index (χ3n) is 6.73. The molecule has 1 aromatic carbocycles. The van der Waals surface area contributed by atoms with Crippen molar-refractivity contribution in [3.63, 3.8) is 0 Å². The molecule has 2 atom stereocenters. The van der Waals surface area contributed by atoms with E-state index in [-0.39, 0.29) is 0 Å². The Morgan fingerprint density at radius 1 is 1.14 bits per heavy atom. The van der Waals surface area contributed by atoms with Crippen LogP contribution in [-0.4, -0.2) is 66.4 Å². The normalized spacial score (nSPS) is 18.2. The van der Waals surface area contributed by atoms with Gasteiger partial charge in [-0.15, -0.1) is 0 Å². The van der Waals surface area contributed by atoms with Gasteiger partial charge in [0.1, 0.15) is 11.5 Å². The molecule has 2 N–H and O–H groups in total. The number of nitrogens with one attached hydrogen (secondary N) is 2. The number of pyridine rings is 1. The van der Waals surface area contributed by atoms with E-state index in [1.807, 2.05) is 35.0 Å². The summed E-state index contributed by atoms with van der Waals surface area (Å²) in [4.78, 5) is 16.0. The van der Waals surface area contributed by atoms with Gasteiger partial charge < -0.3 is 20.1 Å². The minimum absolute atomic E-state index is 0.396. The van der Waals surface area contributed by atoms with Gasteiger partial charge in [-0.25, -0.2) is 18.4 Å². The molecule has 1 saturated heterocycles. The molecule has 0 saturated carbocycles. The molecule has 0 spiro atoms. The van der Waals surface area contributed by atoms with Gasteiger partial charge in [0.05, 0.1) is 12.8 Å². The molecule has 10 nitrogen and oxygen atoms in total. The molecule has 1 aliphatic rings.